The molecule has 1 aliphatic rings. The summed E-state index contributed by atoms with van der Waals surface area (Å²) in [6.45, 7) is 0.584. The highest BCUT2D eigenvalue weighted by atomic mass is 16.6. The van der Waals surface area contributed by atoms with Crippen molar-refractivity contribution in [1.29, 1.82) is 0 Å². The van der Waals surface area contributed by atoms with Crippen molar-refractivity contribution in [2.24, 2.45) is 0 Å². The van der Waals surface area contributed by atoms with Crippen LogP contribution >= 0.6 is 0 Å². The number of carbonyl (C=O) groups is 2. The Labute approximate surface area is 144 Å². The first-order chi connectivity index (χ1) is 12.1. The summed E-state index contributed by atoms with van der Waals surface area (Å²) >= 11 is 0. The van der Waals surface area contributed by atoms with Gasteiger partial charge < -0.3 is 19.3 Å². The second kappa shape index (κ2) is 7.53. The van der Waals surface area contributed by atoms with E-state index in [0.29, 0.717) is 36.0 Å². The molecule has 0 unspecified atom stereocenters. The van der Waals surface area contributed by atoms with Crippen molar-refractivity contribution in [1.82, 2.24) is 0 Å². The van der Waals surface area contributed by atoms with Gasteiger partial charge in [0.05, 0.1) is 0 Å². The second-order valence-corrected chi connectivity index (χ2v) is 5.31. The molecule has 3 rings (SSSR count). The molecule has 1 heterocycles. The second-order valence-electron chi connectivity index (χ2n) is 5.31. The number of carbonyl (C=O) groups excluding carboxylic acids is 1. The van der Waals surface area contributed by atoms with Gasteiger partial charge in [-0.1, -0.05) is 18.2 Å². The molecule has 0 spiro atoms. The number of carboxylic acids is 1. The Morgan fingerprint density at radius 3 is 2.48 bits per heavy atom. The zero-order valence-electron chi connectivity index (χ0n) is 13.3. The van der Waals surface area contributed by atoms with Crippen LogP contribution in [0.4, 0.5) is 0 Å². The fourth-order valence-corrected chi connectivity index (χ4v) is 2.28. The number of aliphatic carboxylic acids is 1. The molecule has 0 radical (unpaired) electrons. The molecule has 0 fully saturated rings. The van der Waals surface area contributed by atoms with Crippen LogP contribution in [0.1, 0.15) is 15.9 Å². The number of allylic oxidation sites excluding steroid dienone is 1. The Kier molecular flexibility index (Phi) is 4.99. The molecule has 0 aliphatic carbocycles. The molecule has 0 saturated heterocycles. The summed E-state index contributed by atoms with van der Waals surface area (Å²) in [7, 11) is 0. The van der Waals surface area contributed by atoms with Crippen molar-refractivity contribution in [3.8, 4) is 17.2 Å². The van der Waals surface area contributed by atoms with Crippen molar-refractivity contribution < 1.29 is 28.9 Å². The van der Waals surface area contributed by atoms with E-state index in [4.69, 9.17) is 19.3 Å². The van der Waals surface area contributed by atoms with Crippen LogP contribution < -0.4 is 14.2 Å². The fraction of sp³-hybridized carbons (Fsp3) is 0.158. The Balaban J connectivity index is 1.65. The van der Waals surface area contributed by atoms with Crippen LogP contribution in [0.3, 0.4) is 0 Å². The molecule has 6 nitrogen and oxygen atoms in total. The van der Waals surface area contributed by atoms with Gasteiger partial charge in [-0.2, -0.15) is 0 Å². The third-order valence-corrected chi connectivity index (χ3v) is 3.50. The number of fused-ring (bicyclic) bond motifs is 1. The highest BCUT2D eigenvalue weighted by molar-refractivity contribution is 6.07. The summed E-state index contributed by atoms with van der Waals surface area (Å²) in [5.74, 6) is 0.490. The highest BCUT2D eigenvalue weighted by Crippen LogP contribution is 2.31. The fourth-order valence-electron chi connectivity index (χ4n) is 2.28. The molecule has 2 aromatic carbocycles. The van der Waals surface area contributed by atoms with Crippen LogP contribution in [-0.2, 0) is 4.79 Å². The third kappa shape index (κ3) is 4.38. The van der Waals surface area contributed by atoms with Crippen LogP contribution in [0.5, 0.6) is 17.2 Å². The molecule has 0 bridgehead atoms. The van der Waals surface area contributed by atoms with E-state index in [2.05, 4.69) is 0 Å². The van der Waals surface area contributed by atoms with Gasteiger partial charge in [0.1, 0.15) is 19.0 Å². The molecule has 0 atom stereocenters. The van der Waals surface area contributed by atoms with Crippen molar-refractivity contribution in [2.45, 2.75) is 0 Å². The number of carboxylic acid groups (broad SMARTS) is 1. The van der Waals surface area contributed by atoms with Crippen molar-refractivity contribution in [3.05, 3.63) is 59.7 Å². The molecule has 128 valence electrons. The number of benzene rings is 2. The van der Waals surface area contributed by atoms with Gasteiger partial charge in [0.2, 0.25) is 0 Å². The normalized spacial score (nSPS) is 12.8. The van der Waals surface area contributed by atoms with Crippen LogP contribution in [0.15, 0.2) is 48.5 Å². The molecule has 2 aromatic rings. The molecular weight excluding hydrogens is 324 g/mol. The van der Waals surface area contributed by atoms with E-state index >= 15 is 0 Å². The van der Waals surface area contributed by atoms with Crippen molar-refractivity contribution in [3.63, 3.8) is 0 Å². The minimum absolute atomic E-state index is 0.150. The van der Waals surface area contributed by atoms with E-state index in [1.165, 1.54) is 6.08 Å². The number of hydrogen-bond acceptors (Lipinski definition) is 5. The summed E-state index contributed by atoms with van der Waals surface area (Å²) in [5.41, 5.74) is 1.32. The predicted molar refractivity (Wildman–Crippen MR) is 90.4 cm³/mol. The Bertz CT molecular complexity index is 807. The minimum Gasteiger partial charge on any atom is -0.486 e. The summed E-state index contributed by atoms with van der Waals surface area (Å²) in [5, 5.41) is 8.57. The smallest absolute Gasteiger partial charge is 0.341 e. The number of ketones is 1. The van der Waals surface area contributed by atoms with Gasteiger partial charge >= 0.3 is 5.97 Å². The topological polar surface area (TPSA) is 82.1 Å². The molecule has 1 N–H and O–H groups in total. The molecule has 0 aromatic heterocycles. The maximum atomic E-state index is 12.3. The molecule has 25 heavy (non-hydrogen) atoms. The van der Waals surface area contributed by atoms with Gasteiger partial charge in [-0.15, -0.1) is 0 Å². The number of ether oxygens (including phenoxy) is 3. The zero-order chi connectivity index (χ0) is 17.6. The maximum absolute atomic E-state index is 12.3. The van der Waals surface area contributed by atoms with Gasteiger partial charge in [-0.05, 0) is 42.0 Å². The largest absolute Gasteiger partial charge is 0.486 e. The molecule has 6 heteroatoms. The average Bonchev–Trinajstić information content (AvgIpc) is 2.64. The van der Waals surface area contributed by atoms with E-state index in [1.807, 2.05) is 0 Å². The first kappa shape index (κ1) is 16.6. The zero-order valence-corrected chi connectivity index (χ0v) is 13.3. The van der Waals surface area contributed by atoms with E-state index in [-0.39, 0.29) is 5.78 Å². The van der Waals surface area contributed by atoms with Crippen molar-refractivity contribution in [2.75, 3.05) is 19.8 Å². The Morgan fingerprint density at radius 1 is 1.04 bits per heavy atom. The highest BCUT2D eigenvalue weighted by Gasteiger charge is 2.13. The molecule has 0 saturated carbocycles. The SMILES string of the molecule is O=C(O)COc1ccc(/C=C/C(=O)c2ccc3c(c2)OCCO3)cc1. The maximum Gasteiger partial charge on any atom is 0.341 e. The van der Waals surface area contributed by atoms with Crippen LogP contribution in [0, 0.1) is 0 Å². The van der Waals surface area contributed by atoms with Crippen molar-refractivity contribution >= 4 is 17.8 Å². The first-order valence-electron chi connectivity index (χ1n) is 7.68. The predicted octanol–water partition coefficient (Wildman–Crippen LogP) is 2.82. The monoisotopic (exact) mass is 340 g/mol. The molecular formula is C19H16O6. The Morgan fingerprint density at radius 2 is 1.76 bits per heavy atom. The number of rotatable bonds is 6. The Hall–Kier alpha value is -3.28. The number of hydrogen-bond donors (Lipinski definition) is 1. The quantitative estimate of drug-likeness (QED) is 0.643. The van der Waals surface area contributed by atoms with E-state index in [1.54, 1.807) is 48.5 Å². The summed E-state index contributed by atoms with van der Waals surface area (Å²) < 4.78 is 16.0. The lowest BCUT2D eigenvalue weighted by Crippen LogP contribution is -2.15. The summed E-state index contributed by atoms with van der Waals surface area (Å²) in [4.78, 5) is 22.7. The average molecular weight is 340 g/mol. The van der Waals surface area contributed by atoms with E-state index < -0.39 is 12.6 Å². The van der Waals surface area contributed by atoms with E-state index in [9.17, 15) is 9.59 Å². The van der Waals surface area contributed by atoms with Crippen LogP contribution in [0.25, 0.3) is 6.08 Å². The molecule has 0 amide bonds. The van der Waals surface area contributed by atoms with Crippen LogP contribution in [0.2, 0.25) is 0 Å². The van der Waals surface area contributed by atoms with Crippen LogP contribution in [-0.4, -0.2) is 36.7 Å². The first-order valence-corrected chi connectivity index (χ1v) is 7.68. The van der Waals surface area contributed by atoms with E-state index in [0.717, 1.165) is 5.56 Å². The lowest BCUT2D eigenvalue weighted by molar-refractivity contribution is -0.139. The standard InChI is InChI=1S/C19H16O6/c20-16(14-4-8-17-18(11-14)24-10-9-23-17)7-3-13-1-5-15(6-2-13)25-12-19(21)22/h1-8,11H,9-10,12H2,(H,21,22)/b7-3+. The summed E-state index contributed by atoms with van der Waals surface area (Å²) in [6.07, 6.45) is 3.15. The third-order valence-electron chi connectivity index (χ3n) is 3.50. The van der Waals surface area contributed by atoms with Gasteiger partial charge in [0.15, 0.2) is 23.9 Å². The van der Waals surface area contributed by atoms with Gasteiger partial charge in [0, 0.05) is 5.56 Å². The summed E-state index contributed by atoms with van der Waals surface area (Å²) in [6, 6.07) is 11.9. The lowest BCUT2D eigenvalue weighted by atomic mass is 10.1. The lowest BCUT2D eigenvalue weighted by Gasteiger charge is -2.18. The minimum atomic E-state index is -1.03. The van der Waals surface area contributed by atoms with Gasteiger partial charge in [0.25, 0.3) is 0 Å². The molecule has 1 aliphatic heterocycles. The van der Waals surface area contributed by atoms with Gasteiger partial charge in [-0.3, -0.25) is 4.79 Å². The van der Waals surface area contributed by atoms with Gasteiger partial charge in [-0.25, -0.2) is 4.79 Å².